The predicted molar refractivity (Wildman–Crippen MR) is 56.8 cm³/mol. The Morgan fingerprint density at radius 2 is 2.31 bits per heavy atom. The van der Waals surface area contributed by atoms with Crippen LogP contribution in [0.15, 0.2) is 35.4 Å². The number of H-pyrrole nitrogens is 2. The fraction of sp³-hybridized carbons (Fsp3) is 0.100. The van der Waals surface area contributed by atoms with Gasteiger partial charge in [-0.1, -0.05) is 6.07 Å². The van der Waals surface area contributed by atoms with E-state index in [9.17, 15) is 9.59 Å². The van der Waals surface area contributed by atoms with Crippen molar-refractivity contribution in [3.8, 4) is 0 Å². The molecule has 0 aliphatic rings. The first-order chi connectivity index (χ1) is 7.75. The van der Waals surface area contributed by atoms with E-state index in [4.69, 9.17) is 0 Å². The second kappa shape index (κ2) is 4.43. The molecule has 0 atom stereocenters. The van der Waals surface area contributed by atoms with Crippen LogP contribution >= 0.6 is 0 Å². The van der Waals surface area contributed by atoms with Crippen molar-refractivity contribution in [1.82, 2.24) is 20.5 Å². The lowest BCUT2D eigenvalue weighted by Crippen LogP contribution is -2.23. The molecular weight excluding hydrogens is 208 g/mol. The molecule has 0 saturated carbocycles. The lowest BCUT2D eigenvalue weighted by Gasteiger charge is -2.02. The highest BCUT2D eigenvalue weighted by molar-refractivity contribution is 5.91. The molecule has 0 unspecified atom stereocenters. The average Bonchev–Trinajstić information content (AvgIpc) is 2.74. The van der Waals surface area contributed by atoms with Crippen molar-refractivity contribution in [3.63, 3.8) is 0 Å². The maximum atomic E-state index is 11.5. The quantitative estimate of drug-likeness (QED) is 0.678. The number of aromatic amines is 2. The van der Waals surface area contributed by atoms with Crippen LogP contribution in [0.5, 0.6) is 0 Å². The van der Waals surface area contributed by atoms with Gasteiger partial charge in [-0.2, -0.15) is 0 Å². The first kappa shape index (κ1) is 10.2. The summed E-state index contributed by atoms with van der Waals surface area (Å²) in [7, 11) is 0. The molecule has 2 aromatic rings. The number of nitrogens with zero attached hydrogens (tertiary/aromatic N) is 1. The molecule has 0 saturated heterocycles. The first-order valence-corrected chi connectivity index (χ1v) is 4.70. The minimum atomic E-state index is -0.331. The molecule has 82 valence electrons. The van der Waals surface area contributed by atoms with Crippen LogP contribution in [0.4, 0.5) is 0 Å². The molecule has 6 nitrogen and oxygen atoms in total. The van der Waals surface area contributed by atoms with Crippen molar-refractivity contribution in [2.75, 3.05) is 0 Å². The van der Waals surface area contributed by atoms with Crippen LogP contribution in [0.3, 0.4) is 0 Å². The number of hydrogen-bond acceptors (Lipinski definition) is 3. The van der Waals surface area contributed by atoms with Gasteiger partial charge < -0.3 is 5.32 Å². The van der Waals surface area contributed by atoms with E-state index in [2.05, 4.69) is 20.5 Å². The molecule has 1 amide bonds. The average molecular weight is 218 g/mol. The SMILES string of the molecule is O=C(NCc1cccnc1)c1cc(=O)[nH][nH]1. The van der Waals surface area contributed by atoms with Gasteiger partial charge in [0.15, 0.2) is 0 Å². The van der Waals surface area contributed by atoms with Crippen molar-refractivity contribution >= 4 is 5.91 Å². The van der Waals surface area contributed by atoms with Gasteiger partial charge in [-0.25, -0.2) is 0 Å². The van der Waals surface area contributed by atoms with Crippen LogP contribution in [0.1, 0.15) is 16.1 Å². The predicted octanol–water partition coefficient (Wildman–Crippen LogP) is 0.0280. The fourth-order valence-corrected chi connectivity index (χ4v) is 1.23. The number of rotatable bonds is 3. The van der Waals surface area contributed by atoms with Crippen LogP contribution in [0.25, 0.3) is 0 Å². The van der Waals surface area contributed by atoms with Gasteiger partial charge >= 0.3 is 0 Å². The topological polar surface area (TPSA) is 90.6 Å². The Morgan fingerprint density at radius 1 is 1.44 bits per heavy atom. The molecule has 0 radical (unpaired) electrons. The number of carbonyl (C=O) groups is 1. The normalized spacial score (nSPS) is 10.0. The van der Waals surface area contributed by atoms with Gasteiger partial charge in [0.1, 0.15) is 5.69 Å². The molecule has 0 fully saturated rings. The van der Waals surface area contributed by atoms with Crippen molar-refractivity contribution in [3.05, 3.63) is 52.2 Å². The smallest absolute Gasteiger partial charge is 0.269 e. The molecule has 2 aromatic heterocycles. The van der Waals surface area contributed by atoms with E-state index in [1.165, 1.54) is 6.07 Å². The van der Waals surface area contributed by atoms with Crippen LogP contribution in [0, 0.1) is 0 Å². The van der Waals surface area contributed by atoms with Gasteiger partial charge in [-0.3, -0.25) is 24.8 Å². The van der Waals surface area contributed by atoms with E-state index in [1.54, 1.807) is 18.5 Å². The van der Waals surface area contributed by atoms with Gasteiger partial charge in [0, 0.05) is 25.0 Å². The van der Waals surface area contributed by atoms with Crippen molar-refractivity contribution in [1.29, 1.82) is 0 Å². The largest absolute Gasteiger partial charge is 0.347 e. The van der Waals surface area contributed by atoms with Gasteiger partial charge in [0.25, 0.3) is 11.5 Å². The van der Waals surface area contributed by atoms with Crippen molar-refractivity contribution < 1.29 is 4.79 Å². The Labute approximate surface area is 90.7 Å². The molecular formula is C10H10N4O2. The highest BCUT2D eigenvalue weighted by Gasteiger charge is 2.06. The summed E-state index contributed by atoms with van der Waals surface area (Å²) in [6.07, 6.45) is 3.33. The summed E-state index contributed by atoms with van der Waals surface area (Å²) in [4.78, 5) is 26.2. The Morgan fingerprint density at radius 3 is 2.94 bits per heavy atom. The highest BCUT2D eigenvalue weighted by Crippen LogP contribution is 1.95. The number of carbonyl (C=O) groups excluding carboxylic acids is 1. The zero-order valence-electron chi connectivity index (χ0n) is 8.36. The molecule has 0 aliphatic heterocycles. The summed E-state index contributed by atoms with van der Waals surface area (Å²) in [5.74, 6) is -0.331. The second-order valence-corrected chi connectivity index (χ2v) is 3.22. The van der Waals surface area contributed by atoms with E-state index in [0.717, 1.165) is 5.56 Å². The van der Waals surface area contributed by atoms with E-state index >= 15 is 0 Å². The van der Waals surface area contributed by atoms with Crippen LogP contribution < -0.4 is 10.9 Å². The third kappa shape index (κ3) is 2.35. The zero-order valence-corrected chi connectivity index (χ0v) is 8.36. The van der Waals surface area contributed by atoms with E-state index in [-0.39, 0.29) is 17.2 Å². The first-order valence-electron chi connectivity index (χ1n) is 4.70. The molecule has 16 heavy (non-hydrogen) atoms. The standard InChI is InChI=1S/C10H10N4O2/c15-9-4-8(13-14-9)10(16)12-6-7-2-1-3-11-5-7/h1-5H,6H2,(H,12,16)(H2,13,14,15). The van der Waals surface area contributed by atoms with Crippen molar-refractivity contribution in [2.24, 2.45) is 0 Å². The Bertz CT molecular complexity index is 529. The fourth-order valence-electron chi connectivity index (χ4n) is 1.23. The number of nitrogens with one attached hydrogen (secondary N) is 3. The Kier molecular flexibility index (Phi) is 2.81. The summed E-state index contributed by atoms with van der Waals surface area (Å²) >= 11 is 0. The van der Waals surface area contributed by atoms with Gasteiger partial charge in [0.2, 0.25) is 0 Å². The van der Waals surface area contributed by atoms with E-state index < -0.39 is 0 Å². The number of aromatic nitrogens is 3. The van der Waals surface area contributed by atoms with Gasteiger partial charge in [-0.05, 0) is 11.6 Å². The van der Waals surface area contributed by atoms with Crippen molar-refractivity contribution in [2.45, 2.75) is 6.54 Å². The zero-order chi connectivity index (χ0) is 11.4. The molecule has 0 aliphatic carbocycles. The Hall–Kier alpha value is -2.37. The van der Waals surface area contributed by atoms with Gasteiger partial charge in [0.05, 0.1) is 0 Å². The summed E-state index contributed by atoms with van der Waals surface area (Å²) < 4.78 is 0. The molecule has 0 aromatic carbocycles. The van der Waals surface area contributed by atoms with Crippen LogP contribution in [-0.2, 0) is 6.54 Å². The summed E-state index contributed by atoms with van der Waals surface area (Å²) in [5.41, 5.74) is 0.786. The molecule has 0 spiro atoms. The minimum absolute atomic E-state index is 0.217. The van der Waals surface area contributed by atoms with E-state index in [0.29, 0.717) is 6.54 Å². The number of hydrogen-bond donors (Lipinski definition) is 3. The van der Waals surface area contributed by atoms with Crippen LogP contribution in [0.2, 0.25) is 0 Å². The molecule has 2 heterocycles. The molecule has 6 heteroatoms. The third-order valence-corrected chi connectivity index (χ3v) is 2.02. The summed E-state index contributed by atoms with van der Waals surface area (Å²) in [6.45, 7) is 0.375. The Balaban J connectivity index is 1.97. The number of pyridine rings is 1. The third-order valence-electron chi connectivity index (χ3n) is 2.02. The number of amides is 1. The molecule has 0 bridgehead atoms. The summed E-state index contributed by atoms with van der Waals surface area (Å²) in [5, 5.41) is 7.43. The highest BCUT2D eigenvalue weighted by atomic mass is 16.2. The maximum absolute atomic E-state index is 11.5. The summed E-state index contributed by atoms with van der Waals surface area (Å²) in [6, 6.07) is 4.85. The van der Waals surface area contributed by atoms with Gasteiger partial charge in [-0.15, -0.1) is 0 Å². The maximum Gasteiger partial charge on any atom is 0.269 e. The molecule has 2 rings (SSSR count). The van der Waals surface area contributed by atoms with E-state index in [1.807, 2.05) is 6.07 Å². The lowest BCUT2D eigenvalue weighted by molar-refractivity contribution is 0.0946. The second-order valence-electron chi connectivity index (χ2n) is 3.22. The van der Waals surface area contributed by atoms with Crippen LogP contribution in [-0.4, -0.2) is 21.1 Å². The minimum Gasteiger partial charge on any atom is -0.347 e. The monoisotopic (exact) mass is 218 g/mol. The lowest BCUT2D eigenvalue weighted by atomic mass is 10.3. The molecule has 3 N–H and O–H groups in total.